The van der Waals surface area contributed by atoms with Gasteiger partial charge in [0.1, 0.15) is 11.3 Å². The normalized spacial score (nSPS) is 11.2. The van der Waals surface area contributed by atoms with Gasteiger partial charge in [-0.15, -0.1) is 0 Å². The Bertz CT molecular complexity index is 1290. The highest BCUT2D eigenvalue weighted by Crippen LogP contribution is 2.38. The molecule has 2 N–H and O–H groups in total. The Balaban J connectivity index is 1.94. The summed E-state index contributed by atoms with van der Waals surface area (Å²) in [6.45, 7) is 1.84. The Morgan fingerprint density at radius 3 is 2.41 bits per heavy atom. The van der Waals surface area contributed by atoms with E-state index in [1.54, 1.807) is 29.9 Å². The molecule has 6 nitrogen and oxygen atoms in total. The van der Waals surface area contributed by atoms with Crippen molar-refractivity contribution in [2.24, 2.45) is 7.05 Å². The SMILES string of the molecule is Cc1cc(-c2c(O)c3cc(-c4ccc(N(C)C)cc4)c(Cl)cc3[nH]c2=O)n(C)n1. The summed E-state index contributed by atoms with van der Waals surface area (Å²) in [6.07, 6.45) is 0. The number of hydrogen-bond acceptors (Lipinski definition) is 4. The minimum absolute atomic E-state index is 0.0884. The Kier molecular flexibility index (Phi) is 4.59. The van der Waals surface area contributed by atoms with Crippen LogP contribution in [-0.4, -0.2) is 34.0 Å². The van der Waals surface area contributed by atoms with Crippen molar-refractivity contribution in [1.29, 1.82) is 0 Å². The first-order valence-electron chi connectivity index (χ1n) is 9.13. The van der Waals surface area contributed by atoms with Crippen molar-refractivity contribution in [3.63, 3.8) is 0 Å². The van der Waals surface area contributed by atoms with Gasteiger partial charge in [0, 0.05) is 37.8 Å². The quantitative estimate of drug-likeness (QED) is 0.529. The minimum Gasteiger partial charge on any atom is -0.506 e. The van der Waals surface area contributed by atoms with Gasteiger partial charge in [0.2, 0.25) is 0 Å². The summed E-state index contributed by atoms with van der Waals surface area (Å²) >= 11 is 6.50. The molecular formula is C22H21ClN4O2. The lowest BCUT2D eigenvalue weighted by molar-refractivity contribution is 0.482. The minimum atomic E-state index is -0.392. The van der Waals surface area contributed by atoms with E-state index in [0.29, 0.717) is 21.6 Å². The fourth-order valence-corrected chi connectivity index (χ4v) is 3.81. The summed E-state index contributed by atoms with van der Waals surface area (Å²) in [5.41, 5.74) is 4.37. The third kappa shape index (κ3) is 3.25. The molecule has 0 bridgehead atoms. The molecule has 148 valence electrons. The Hall–Kier alpha value is -3.25. The van der Waals surface area contributed by atoms with E-state index in [9.17, 15) is 9.90 Å². The van der Waals surface area contributed by atoms with Gasteiger partial charge in [-0.25, -0.2) is 0 Å². The number of aromatic nitrogens is 3. The number of halogens is 1. The molecular weight excluding hydrogens is 388 g/mol. The van der Waals surface area contributed by atoms with Gasteiger partial charge in [-0.3, -0.25) is 9.48 Å². The number of aromatic hydroxyl groups is 1. The van der Waals surface area contributed by atoms with E-state index in [0.717, 1.165) is 22.5 Å². The molecule has 0 saturated heterocycles. The first-order valence-corrected chi connectivity index (χ1v) is 9.51. The maximum atomic E-state index is 12.7. The van der Waals surface area contributed by atoms with Crippen molar-refractivity contribution in [2.45, 2.75) is 6.92 Å². The smallest absolute Gasteiger partial charge is 0.261 e. The zero-order chi connectivity index (χ0) is 20.9. The number of H-pyrrole nitrogens is 1. The van der Waals surface area contributed by atoms with Crippen molar-refractivity contribution in [2.75, 3.05) is 19.0 Å². The van der Waals surface area contributed by atoms with Crippen molar-refractivity contribution in [1.82, 2.24) is 14.8 Å². The number of nitrogens with zero attached hydrogens (tertiary/aromatic N) is 3. The Labute approximate surface area is 173 Å². The lowest BCUT2D eigenvalue weighted by atomic mass is 10.0. The summed E-state index contributed by atoms with van der Waals surface area (Å²) in [5, 5.41) is 16.3. The second kappa shape index (κ2) is 6.97. The topological polar surface area (TPSA) is 74.2 Å². The molecule has 0 fully saturated rings. The van der Waals surface area contributed by atoms with E-state index in [-0.39, 0.29) is 11.3 Å². The number of hydrogen-bond donors (Lipinski definition) is 2. The summed E-state index contributed by atoms with van der Waals surface area (Å²) in [5.74, 6) is -0.0884. The van der Waals surface area contributed by atoms with E-state index < -0.39 is 5.56 Å². The third-order valence-electron chi connectivity index (χ3n) is 5.03. The molecule has 2 heterocycles. The largest absolute Gasteiger partial charge is 0.506 e. The van der Waals surface area contributed by atoms with Crippen LogP contribution in [0.25, 0.3) is 33.3 Å². The molecule has 0 spiro atoms. The first-order chi connectivity index (χ1) is 13.8. The van der Waals surface area contributed by atoms with E-state index in [4.69, 9.17) is 11.6 Å². The van der Waals surface area contributed by atoms with E-state index in [1.165, 1.54) is 0 Å². The molecule has 0 aliphatic rings. The van der Waals surface area contributed by atoms with Crippen molar-refractivity contribution >= 4 is 28.2 Å². The molecule has 0 aliphatic heterocycles. The molecule has 29 heavy (non-hydrogen) atoms. The maximum Gasteiger partial charge on any atom is 0.261 e. The number of benzene rings is 2. The fourth-order valence-electron chi connectivity index (χ4n) is 3.54. The lowest BCUT2D eigenvalue weighted by Gasteiger charge is -2.14. The number of aryl methyl sites for hydroxylation is 2. The second-order valence-electron chi connectivity index (χ2n) is 7.29. The van der Waals surface area contributed by atoms with Gasteiger partial charge < -0.3 is 15.0 Å². The van der Waals surface area contributed by atoms with Gasteiger partial charge in [-0.1, -0.05) is 23.7 Å². The predicted molar refractivity (Wildman–Crippen MR) is 118 cm³/mol. The molecule has 0 amide bonds. The summed E-state index contributed by atoms with van der Waals surface area (Å²) in [6, 6.07) is 13.2. The number of rotatable bonds is 3. The van der Waals surface area contributed by atoms with Crippen molar-refractivity contribution in [3.8, 4) is 28.1 Å². The standard InChI is InChI=1S/C22H21ClN4O2/c1-12-9-19(27(4)25-12)20-21(28)16-10-15(17(23)11-18(16)24-22(20)29)13-5-7-14(8-6-13)26(2)3/h5-11H,1-4H3,(H2,24,28,29). The highest BCUT2D eigenvalue weighted by molar-refractivity contribution is 6.34. The molecule has 2 aromatic carbocycles. The highest BCUT2D eigenvalue weighted by Gasteiger charge is 2.19. The van der Waals surface area contributed by atoms with E-state index >= 15 is 0 Å². The van der Waals surface area contributed by atoms with E-state index in [1.807, 2.05) is 50.2 Å². The number of anilines is 1. The van der Waals surface area contributed by atoms with Crippen molar-refractivity contribution in [3.05, 3.63) is 63.5 Å². The average Bonchev–Trinajstić information content (AvgIpc) is 2.99. The van der Waals surface area contributed by atoms with Crippen LogP contribution in [0.3, 0.4) is 0 Å². The Morgan fingerprint density at radius 1 is 1.14 bits per heavy atom. The molecule has 7 heteroatoms. The fraction of sp³-hybridized carbons (Fsp3) is 0.182. The molecule has 4 rings (SSSR count). The van der Waals surface area contributed by atoms with Crippen LogP contribution in [0.1, 0.15) is 5.69 Å². The maximum absolute atomic E-state index is 12.7. The number of fused-ring (bicyclic) bond motifs is 1. The number of nitrogens with one attached hydrogen (secondary N) is 1. The summed E-state index contributed by atoms with van der Waals surface area (Å²) in [4.78, 5) is 17.5. The molecule has 4 aromatic rings. The van der Waals surface area contributed by atoms with Crippen molar-refractivity contribution < 1.29 is 5.11 Å². The first kappa shape index (κ1) is 19.1. The van der Waals surface area contributed by atoms with Crippen LogP contribution < -0.4 is 10.5 Å². The molecule has 0 atom stereocenters. The van der Waals surface area contributed by atoms with Gasteiger partial charge >= 0.3 is 0 Å². The van der Waals surface area contributed by atoms with E-state index in [2.05, 4.69) is 10.1 Å². The van der Waals surface area contributed by atoms with Crippen LogP contribution in [-0.2, 0) is 7.05 Å². The average molecular weight is 409 g/mol. The molecule has 0 radical (unpaired) electrons. The van der Waals surface area contributed by atoms with Crippen LogP contribution in [0, 0.1) is 6.92 Å². The Morgan fingerprint density at radius 2 is 1.83 bits per heavy atom. The molecule has 0 unspecified atom stereocenters. The van der Waals surface area contributed by atoms with Crippen LogP contribution in [0.4, 0.5) is 5.69 Å². The second-order valence-corrected chi connectivity index (χ2v) is 7.70. The van der Waals surface area contributed by atoms with Gasteiger partial charge in [0.15, 0.2) is 0 Å². The van der Waals surface area contributed by atoms with Gasteiger partial charge in [-0.05, 0) is 42.8 Å². The molecule has 2 aromatic heterocycles. The van der Waals surface area contributed by atoms with Crippen LogP contribution >= 0.6 is 11.6 Å². The van der Waals surface area contributed by atoms with Gasteiger partial charge in [0.25, 0.3) is 5.56 Å². The predicted octanol–water partition coefficient (Wildman–Crippen LogP) is 4.33. The monoisotopic (exact) mass is 408 g/mol. The third-order valence-corrected chi connectivity index (χ3v) is 5.34. The highest BCUT2D eigenvalue weighted by atomic mass is 35.5. The van der Waals surface area contributed by atoms with Gasteiger partial charge in [-0.2, -0.15) is 5.10 Å². The molecule has 0 saturated carbocycles. The summed E-state index contributed by atoms with van der Waals surface area (Å²) < 4.78 is 1.59. The summed E-state index contributed by atoms with van der Waals surface area (Å²) in [7, 11) is 5.70. The van der Waals surface area contributed by atoms with Crippen LogP contribution in [0.15, 0.2) is 47.3 Å². The zero-order valence-electron chi connectivity index (χ0n) is 16.6. The van der Waals surface area contributed by atoms with Gasteiger partial charge in [0.05, 0.1) is 21.9 Å². The lowest BCUT2D eigenvalue weighted by Crippen LogP contribution is -2.11. The van der Waals surface area contributed by atoms with Crippen LogP contribution in [0.2, 0.25) is 5.02 Å². The molecule has 0 aliphatic carbocycles. The van der Waals surface area contributed by atoms with Crippen LogP contribution in [0.5, 0.6) is 5.75 Å². The number of aromatic amines is 1. The number of pyridine rings is 1. The zero-order valence-corrected chi connectivity index (χ0v) is 17.4.